The minimum atomic E-state index is 0.729. The van der Waals surface area contributed by atoms with E-state index in [2.05, 4.69) is 26.8 Å². The summed E-state index contributed by atoms with van der Waals surface area (Å²) < 4.78 is 6.31. The van der Waals surface area contributed by atoms with Gasteiger partial charge in [-0.15, -0.1) is 11.8 Å². The van der Waals surface area contributed by atoms with Gasteiger partial charge >= 0.3 is 0 Å². The van der Waals surface area contributed by atoms with E-state index in [1.165, 1.54) is 11.5 Å². The molecule has 0 aliphatic heterocycles. The molecule has 0 spiro atoms. The molecule has 122 valence electrons. The number of fused-ring (bicyclic) bond motifs is 1. The van der Waals surface area contributed by atoms with Crippen molar-refractivity contribution in [3.63, 3.8) is 0 Å². The fraction of sp³-hybridized carbons (Fsp3) is 0.200. The smallest absolute Gasteiger partial charge is 0.181 e. The van der Waals surface area contributed by atoms with E-state index in [0.717, 1.165) is 44.2 Å². The Kier molecular flexibility index (Phi) is 3.95. The number of hydrogen-bond acceptors (Lipinski definition) is 7. The maximum atomic E-state index is 4.71. The van der Waals surface area contributed by atoms with Gasteiger partial charge in [0.1, 0.15) is 10.0 Å². The number of aromatic nitrogens is 6. The molecule has 0 aliphatic rings. The van der Waals surface area contributed by atoms with Crippen LogP contribution in [0.2, 0.25) is 0 Å². The first-order valence-corrected chi connectivity index (χ1v) is 9.21. The molecule has 0 aliphatic carbocycles. The topological polar surface area (TPSA) is 83.8 Å². The first-order valence-electron chi connectivity index (χ1n) is 7.45. The standard InChI is InChI=1S/C15H15N7S2/c1-3-23-13-8-22-7-11(10-5-16-17-6-10)18-15(22)14(20-13)19-12-4-9(2)21-24-12/h4-8H,3H2,1-2H3,(H,16,17)(H,19,20). The van der Waals surface area contributed by atoms with E-state index >= 15 is 0 Å². The number of aromatic amines is 1. The van der Waals surface area contributed by atoms with Crippen LogP contribution in [0.1, 0.15) is 12.6 Å². The highest BCUT2D eigenvalue weighted by atomic mass is 32.2. The van der Waals surface area contributed by atoms with Gasteiger partial charge in [0.05, 0.1) is 17.6 Å². The zero-order valence-electron chi connectivity index (χ0n) is 13.1. The Bertz CT molecular complexity index is 971. The molecule has 7 nitrogen and oxygen atoms in total. The van der Waals surface area contributed by atoms with Crippen LogP contribution >= 0.6 is 23.3 Å². The second-order valence-electron chi connectivity index (χ2n) is 5.16. The number of imidazole rings is 1. The molecule has 24 heavy (non-hydrogen) atoms. The molecule has 0 saturated carbocycles. The van der Waals surface area contributed by atoms with Crippen molar-refractivity contribution in [2.45, 2.75) is 18.9 Å². The molecule has 0 fully saturated rings. The maximum absolute atomic E-state index is 4.71. The summed E-state index contributed by atoms with van der Waals surface area (Å²) in [5.74, 6) is 1.69. The Morgan fingerprint density at radius 2 is 2.25 bits per heavy atom. The lowest BCUT2D eigenvalue weighted by Crippen LogP contribution is -1.98. The van der Waals surface area contributed by atoms with Gasteiger partial charge in [-0.25, -0.2) is 9.97 Å². The van der Waals surface area contributed by atoms with Crippen molar-refractivity contribution in [2.75, 3.05) is 11.1 Å². The van der Waals surface area contributed by atoms with Gasteiger partial charge in [-0.2, -0.15) is 9.47 Å². The summed E-state index contributed by atoms with van der Waals surface area (Å²) in [6.07, 6.45) is 7.58. The second-order valence-corrected chi connectivity index (χ2v) is 7.25. The van der Waals surface area contributed by atoms with Crippen LogP contribution in [0.15, 0.2) is 35.9 Å². The summed E-state index contributed by atoms with van der Waals surface area (Å²) >= 11 is 3.11. The van der Waals surface area contributed by atoms with Crippen LogP contribution in [0, 0.1) is 6.92 Å². The molecule has 4 aromatic rings. The van der Waals surface area contributed by atoms with Crippen LogP contribution in [0.25, 0.3) is 16.9 Å². The number of hydrogen-bond donors (Lipinski definition) is 2. The van der Waals surface area contributed by atoms with Crippen molar-refractivity contribution < 1.29 is 0 Å². The molecular weight excluding hydrogens is 342 g/mol. The average molecular weight is 357 g/mol. The summed E-state index contributed by atoms with van der Waals surface area (Å²) in [4.78, 5) is 9.43. The number of thioether (sulfide) groups is 1. The van der Waals surface area contributed by atoms with Gasteiger partial charge in [-0.3, -0.25) is 5.10 Å². The third kappa shape index (κ3) is 2.87. The predicted octanol–water partition coefficient (Wildman–Crippen LogP) is 3.74. The van der Waals surface area contributed by atoms with Gasteiger partial charge in [0.15, 0.2) is 11.5 Å². The quantitative estimate of drug-likeness (QED) is 0.529. The zero-order valence-corrected chi connectivity index (χ0v) is 14.8. The van der Waals surface area contributed by atoms with Crippen LogP contribution in [-0.2, 0) is 0 Å². The molecule has 9 heteroatoms. The number of rotatable bonds is 5. The van der Waals surface area contributed by atoms with E-state index in [4.69, 9.17) is 9.97 Å². The Balaban J connectivity index is 1.82. The molecule has 2 N–H and O–H groups in total. The number of nitrogens with zero attached hydrogens (tertiary/aromatic N) is 5. The molecule has 0 saturated heterocycles. The number of anilines is 2. The summed E-state index contributed by atoms with van der Waals surface area (Å²) in [5, 5.41) is 12.1. The lowest BCUT2D eigenvalue weighted by molar-refractivity contribution is 1.02. The van der Waals surface area contributed by atoms with Crippen LogP contribution in [0.5, 0.6) is 0 Å². The molecule has 4 heterocycles. The van der Waals surface area contributed by atoms with Crippen LogP contribution in [0.3, 0.4) is 0 Å². The van der Waals surface area contributed by atoms with Gasteiger partial charge in [0, 0.05) is 24.2 Å². The summed E-state index contributed by atoms with van der Waals surface area (Å²) in [5.41, 5.74) is 3.56. The SMILES string of the molecule is CCSc1cn2cc(-c3cn[nH]c3)nc2c(Nc2cc(C)ns2)n1. The van der Waals surface area contributed by atoms with E-state index in [9.17, 15) is 0 Å². The first-order chi connectivity index (χ1) is 11.7. The second kappa shape index (κ2) is 6.25. The molecule has 0 radical (unpaired) electrons. The van der Waals surface area contributed by atoms with Crippen molar-refractivity contribution in [3.05, 3.63) is 36.5 Å². The molecule has 0 bridgehead atoms. The normalized spacial score (nSPS) is 11.2. The predicted molar refractivity (Wildman–Crippen MR) is 97.1 cm³/mol. The molecule has 4 aromatic heterocycles. The van der Waals surface area contributed by atoms with Crippen LogP contribution in [-0.4, -0.2) is 34.7 Å². The van der Waals surface area contributed by atoms with Crippen molar-refractivity contribution in [1.29, 1.82) is 0 Å². The molecule has 0 amide bonds. The van der Waals surface area contributed by atoms with Crippen molar-refractivity contribution in [1.82, 2.24) is 28.9 Å². The van der Waals surface area contributed by atoms with Gasteiger partial charge in [-0.1, -0.05) is 6.92 Å². The van der Waals surface area contributed by atoms with Gasteiger partial charge in [0.25, 0.3) is 0 Å². The van der Waals surface area contributed by atoms with E-state index in [1.54, 1.807) is 18.0 Å². The van der Waals surface area contributed by atoms with Gasteiger partial charge < -0.3 is 9.72 Å². The monoisotopic (exact) mass is 357 g/mol. The Morgan fingerprint density at radius 3 is 2.96 bits per heavy atom. The van der Waals surface area contributed by atoms with Crippen LogP contribution < -0.4 is 5.32 Å². The summed E-state index contributed by atoms with van der Waals surface area (Å²) in [6, 6.07) is 2.00. The highest BCUT2D eigenvalue weighted by molar-refractivity contribution is 7.99. The molecule has 0 atom stereocenters. The van der Waals surface area contributed by atoms with Crippen molar-refractivity contribution in [3.8, 4) is 11.3 Å². The number of H-pyrrole nitrogens is 1. The van der Waals surface area contributed by atoms with Crippen LogP contribution in [0.4, 0.5) is 10.8 Å². The third-order valence-electron chi connectivity index (χ3n) is 3.37. The fourth-order valence-corrected chi connectivity index (χ4v) is 3.65. The minimum absolute atomic E-state index is 0.729. The third-order valence-corrected chi connectivity index (χ3v) is 4.95. The van der Waals surface area contributed by atoms with Gasteiger partial charge in [0.2, 0.25) is 0 Å². The number of nitrogens with one attached hydrogen (secondary N) is 2. The molecular formula is C15H15N7S2. The zero-order chi connectivity index (χ0) is 16.5. The lowest BCUT2D eigenvalue weighted by atomic mass is 10.3. The molecule has 0 aromatic carbocycles. The molecule has 0 unspecified atom stereocenters. The average Bonchev–Trinajstić information content (AvgIpc) is 3.27. The summed E-state index contributed by atoms with van der Waals surface area (Å²) in [6.45, 7) is 4.08. The highest BCUT2D eigenvalue weighted by Crippen LogP contribution is 2.28. The largest absolute Gasteiger partial charge is 0.328 e. The maximum Gasteiger partial charge on any atom is 0.181 e. The Labute approximate surface area is 146 Å². The first kappa shape index (κ1) is 15.2. The van der Waals surface area contributed by atoms with Crippen molar-refractivity contribution >= 4 is 39.8 Å². The van der Waals surface area contributed by atoms with Crippen molar-refractivity contribution in [2.24, 2.45) is 0 Å². The lowest BCUT2D eigenvalue weighted by Gasteiger charge is -2.07. The minimum Gasteiger partial charge on any atom is -0.328 e. The Hall–Kier alpha value is -2.39. The highest BCUT2D eigenvalue weighted by Gasteiger charge is 2.13. The molecule has 4 rings (SSSR count). The Morgan fingerprint density at radius 1 is 1.33 bits per heavy atom. The van der Waals surface area contributed by atoms with E-state index in [-0.39, 0.29) is 0 Å². The number of aryl methyl sites for hydroxylation is 1. The van der Waals surface area contributed by atoms with E-state index in [1.807, 2.05) is 36.0 Å². The fourth-order valence-electron chi connectivity index (χ4n) is 2.35. The summed E-state index contributed by atoms with van der Waals surface area (Å²) in [7, 11) is 0. The van der Waals surface area contributed by atoms with E-state index < -0.39 is 0 Å². The van der Waals surface area contributed by atoms with E-state index in [0.29, 0.717) is 0 Å². The van der Waals surface area contributed by atoms with Gasteiger partial charge in [-0.05, 0) is 30.3 Å².